The zero-order valence-corrected chi connectivity index (χ0v) is 10.1. The molecule has 1 heterocycles. The Hall–Kier alpha value is -1.63. The van der Waals surface area contributed by atoms with Crippen molar-refractivity contribution in [2.45, 2.75) is 39.7 Å². The van der Waals surface area contributed by atoms with Crippen LogP contribution in [0, 0.1) is 17.2 Å². The highest BCUT2D eigenvalue weighted by atomic mass is 15.0. The average molecular weight is 218 g/mol. The molecule has 1 aromatic heterocycles. The monoisotopic (exact) mass is 218 g/mol. The smallest absolute Gasteiger partial charge is 0.182 e. The van der Waals surface area contributed by atoms with Crippen LogP contribution in [0.5, 0.6) is 0 Å². The van der Waals surface area contributed by atoms with Gasteiger partial charge >= 0.3 is 0 Å². The molecule has 16 heavy (non-hydrogen) atoms. The van der Waals surface area contributed by atoms with E-state index in [1.165, 1.54) is 6.20 Å². The maximum atomic E-state index is 8.89. The molecule has 0 saturated heterocycles. The van der Waals surface area contributed by atoms with E-state index in [0.717, 1.165) is 12.8 Å². The number of hydrogen-bond acceptors (Lipinski definition) is 4. The lowest BCUT2D eigenvalue weighted by atomic mass is 9.95. The van der Waals surface area contributed by atoms with Crippen LogP contribution in [0.15, 0.2) is 12.4 Å². The molecule has 1 aromatic rings. The molecular weight excluding hydrogens is 200 g/mol. The minimum atomic E-state index is 0.304. The second-order valence-electron chi connectivity index (χ2n) is 3.87. The lowest BCUT2D eigenvalue weighted by Crippen LogP contribution is -2.26. The van der Waals surface area contributed by atoms with Crippen LogP contribution < -0.4 is 5.32 Å². The lowest BCUT2D eigenvalue weighted by molar-refractivity contribution is 0.437. The van der Waals surface area contributed by atoms with Gasteiger partial charge in [0, 0.05) is 18.4 Å². The summed E-state index contributed by atoms with van der Waals surface area (Å²) < 4.78 is 0. The summed E-state index contributed by atoms with van der Waals surface area (Å²) >= 11 is 0. The molecule has 1 atom stereocenters. The molecule has 0 bridgehead atoms. The number of nitrogens with one attached hydrogen (secondary N) is 1. The zero-order valence-electron chi connectivity index (χ0n) is 10.1. The molecule has 4 nitrogen and oxygen atoms in total. The first kappa shape index (κ1) is 12.4. The van der Waals surface area contributed by atoms with Crippen LogP contribution in [-0.2, 0) is 0 Å². The molecule has 0 spiro atoms. The van der Waals surface area contributed by atoms with Gasteiger partial charge in [0.1, 0.15) is 6.07 Å². The van der Waals surface area contributed by atoms with Gasteiger partial charge in [-0.1, -0.05) is 26.7 Å². The SMILES string of the molecule is CCC(CC)C(C)Nc1nccnc1C#N. The molecule has 0 aromatic carbocycles. The Labute approximate surface area is 96.7 Å². The number of rotatable bonds is 5. The van der Waals surface area contributed by atoms with Crippen molar-refractivity contribution in [3.63, 3.8) is 0 Å². The van der Waals surface area contributed by atoms with Gasteiger partial charge in [0.25, 0.3) is 0 Å². The van der Waals surface area contributed by atoms with Gasteiger partial charge in [0.15, 0.2) is 11.5 Å². The van der Waals surface area contributed by atoms with E-state index >= 15 is 0 Å². The third-order valence-corrected chi connectivity index (χ3v) is 2.92. The Kier molecular flexibility index (Phi) is 4.71. The Balaban J connectivity index is 2.76. The second-order valence-corrected chi connectivity index (χ2v) is 3.87. The molecule has 0 aliphatic rings. The van der Waals surface area contributed by atoms with Gasteiger partial charge in [0.05, 0.1) is 0 Å². The van der Waals surface area contributed by atoms with Crippen LogP contribution >= 0.6 is 0 Å². The number of nitrogens with zero attached hydrogens (tertiary/aromatic N) is 3. The van der Waals surface area contributed by atoms with Crippen LogP contribution in [0.25, 0.3) is 0 Å². The molecule has 1 rings (SSSR count). The molecule has 4 heteroatoms. The van der Waals surface area contributed by atoms with Gasteiger partial charge in [-0.3, -0.25) is 0 Å². The zero-order chi connectivity index (χ0) is 12.0. The molecule has 1 N–H and O–H groups in total. The molecule has 0 saturated carbocycles. The molecular formula is C12H18N4. The second kappa shape index (κ2) is 6.06. The first-order chi connectivity index (χ1) is 7.72. The van der Waals surface area contributed by atoms with Crippen LogP contribution in [0.3, 0.4) is 0 Å². The average Bonchev–Trinajstić information content (AvgIpc) is 2.31. The molecule has 0 fully saturated rings. The predicted molar refractivity (Wildman–Crippen MR) is 63.9 cm³/mol. The van der Waals surface area contributed by atoms with Crippen molar-refractivity contribution in [2.24, 2.45) is 5.92 Å². The van der Waals surface area contributed by atoms with E-state index in [1.54, 1.807) is 6.20 Å². The summed E-state index contributed by atoms with van der Waals surface area (Å²) in [7, 11) is 0. The van der Waals surface area contributed by atoms with Crippen molar-refractivity contribution in [1.29, 1.82) is 5.26 Å². The van der Waals surface area contributed by atoms with Crippen molar-refractivity contribution in [2.75, 3.05) is 5.32 Å². The first-order valence-electron chi connectivity index (χ1n) is 5.70. The third kappa shape index (κ3) is 2.93. The van der Waals surface area contributed by atoms with E-state index in [1.807, 2.05) is 6.07 Å². The summed E-state index contributed by atoms with van der Waals surface area (Å²) in [5, 5.41) is 12.2. The number of aromatic nitrogens is 2. The van der Waals surface area contributed by atoms with Crippen LogP contribution in [0.1, 0.15) is 39.3 Å². The van der Waals surface area contributed by atoms with Gasteiger partial charge in [-0.15, -0.1) is 0 Å². The van der Waals surface area contributed by atoms with E-state index in [0.29, 0.717) is 23.5 Å². The molecule has 0 aliphatic carbocycles. The van der Waals surface area contributed by atoms with E-state index < -0.39 is 0 Å². The summed E-state index contributed by atoms with van der Waals surface area (Å²) in [5.74, 6) is 1.18. The lowest BCUT2D eigenvalue weighted by Gasteiger charge is -2.23. The molecule has 86 valence electrons. The van der Waals surface area contributed by atoms with Crippen molar-refractivity contribution in [3.8, 4) is 6.07 Å². The van der Waals surface area contributed by atoms with Crippen LogP contribution in [0.2, 0.25) is 0 Å². The molecule has 0 radical (unpaired) electrons. The van der Waals surface area contributed by atoms with Crippen molar-refractivity contribution >= 4 is 5.82 Å². The first-order valence-corrected chi connectivity index (χ1v) is 5.70. The highest BCUT2D eigenvalue weighted by Crippen LogP contribution is 2.17. The van der Waals surface area contributed by atoms with Crippen molar-refractivity contribution in [3.05, 3.63) is 18.1 Å². The van der Waals surface area contributed by atoms with Gasteiger partial charge in [-0.25, -0.2) is 9.97 Å². The largest absolute Gasteiger partial charge is 0.365 e. The normalized spacial score (nSPS) is 12.2. The van der Waals surface area contributed by atoms with Gasteiger partial charge in [-0.05, 0) is 12.8 Å². The minimum Gasteiger partial charge on any atom is -0.365 e. The Bertz CT molecular complexity index is 366. The van der Waals surface area contributed by atoms with Crippen molar-refractivity contribution < 1.29 is 0 Å². The van der Waals surface area contributed by atoms with Gasteiger partial charge in [-0.2, -0.15) is 5.26 Å². The third-order valence-electron chi connectivity index (χ3n) is 2.92. The maximum Gasteiger partial charge on any atom is 0.182 e. The van der Waals surface area contributed by atoms with E-state index in [9.17, 15) is 0 Å². The van der Waals surface area contributed by atoms with E-state index in [2.05, 4.69) is 36.1 Å². The Morgan fingerprint density at radius 3 is 2.50 bits per heavy atom. The fraction of sp³-hybridized carbons (Fsp3) is 0.583. The Morgan fingerprint density at radius 1 is 1.31 bits per heavy atom. The predicted octanol–water partition coefficient (Wildman–Crippen LogP) is 2.58. The summed E-state index contributed by atoms with van der Waals surface area (Å²) in [6.07, 6.45) is 5.37. The molecule has 0 amide bonds. The maximum absolute atomic E-state index is 8.89. The van der Waals surface area contributed by atoms with Crippen LogP contribution in [0.4, 0.5) is 5.82 Å². The summed E-state index contributed by atoms with van der Waals surface area (Å²) in [6, 6.07) is 2.34. The van der Waals surface area contributed by atoms with Gasteiger partial charge in [0.2, 0.25) is 0 Å². The number of hydrogen-bond donors (Lipinski definition) is 1. The molecule has 0 aliphatic heterocycles. The number of anilines is 1. The highest BCUT2D eigenvalue weighted by Gasteiger charge is 2.15. The topological polar surface area (TPSA) is 61.6 Å². The quantitative estimate of drug-likeness (QED) is 0.825. The van der Waals surface area contributed by atoms with E-state index in [-0.39, 0.29) is 0 Å². The fourth-order valence-corrected chi connectivity index (χ4v) is 1.85. The van der Waals surface area contributed by atoms with Gasteiger partial charge < -0.3 is 5.32 Å². The highest BCUT2D eigenvalue weighted by molar-refractivity contribution is 5.47. The summed E-state index contributed by atoms with van der Waals surface area (Å²) in [4.78, 5) is 8.12. The summed E-state index contributed by atoms with van der Waals surface area (Å²) in [5.41, 5.74) is 0.361. The fourth-order valence-electron chi connectivity index (χ4n) is 1.85. The standard InChI is InChI=1S/C12H18N4/c1-4-10(5-2)9(3)16-12-11(8-13)14-6-7-15-12/h6-7,9-10H,4-5H2,1-3H3,(H,15,16). The van der Waals surface area contributed by atoms with Crippen molar-refractivity contribution in [1.82, 2.24) is 9.97 Å². The molecule has 1 unspecified atom stereocenters. The van der Waals surface area contributed by atoms with Crippen LogP contribution in [-0.4, -0.2) is 16.0 Å². The Morgan fingerprint density at radius 2 is 1.94 bits per heavy atom. The number of nitriles is 1. The summed E-state index contributed by atoms with van der Waals surface area (Å²) in [6.45, 7) is 6.47. The minimum absolute atomic E-state index is 0.304. The van der Waals surface area contributed by atoms with E-state index in [4.69, 9.17) is 5.26 Å².